The average molecular weight is 163 g/mol. The van der Waals surface area contributed by atoms with Crippen molar-refractivity contribution >= 4 is 11.0 Å². The van der Waals surface area contributed by atoms with Gasteiger partial charge in [-0.3, -0.25) is 4.79 Å². The molecule has 2 aromatic rings. The topological polar surface area (TPSA) is 35.1 Å². The summed E-state index contributed by atoms with van der Waals surface area (Å²) in [5, 5.41) is 0.967. The van der Waals surface area contributed by atoms with Gasteiger partial charge in [-0.05, 0) is 13.0 Å². The van der Waals surface area contributed by atoms with Crippen molar-refractivity contribution in [3.05, 3.63) is 34.4 Å². The molecule has 0 saturated heterocycles. The van der Waals surface area contributed by atoms with E-state index in [2.05, 4.69) is 0 Å². The number of furan rings is 1. The van der Waals surface area contributed by atoms with Gasteiger partial charge in [0.05, 0.1) is 11.8 Å². The standard InChI is InChI=1S/C9H9NO2/c1-6-8-7(3-4-12-8)5-10(2)9(6)11/h3-5H,1-2H3. The second kappa shape index (κ2) is 2.24. The molecule has 12 heavy (non-hydrogen) atoms. The number of aryl methyl sites for hydroxylation is 2. The van der Waals surface area contributed by atoms with Gasteiger partial charge in [-0.1, -0.05) is 0 Å². The van der Waals surface area contributed by atoms with Gasteiger partial charge in [-0.2, -0.15) is 0 Å². The molecule has 0 bridgehead atoms. The molecule has 0 spiro atoms. The Kier molecular flexibility index (Phi) is 1.33. The van der Waals surface area contributed by atoms with Gasteiger partial charge in [0.1, 0.15) is 5.58 Å². The van der Waals surface area contributed by atoms with Gasteiger partial charge >= 0.3 is 0 Å². The monoisotopic (exact) mass is 163 g/mol. The molecule has 0 saturated carbocycles. The summed E-state index contributed by atoms with van der Waals surface area (Å²) in [6.07, 6.45) is 3.37. The summed E-state index contributed by atoms with van der Waals surface area (Å²) in [4.78, 5) is 11.4. The minimum absolute atomic E-state index is 0.00236. The van der Waals surface area contributed by atoms with Crippen LogP contribution in [0.5, 0.6) is 0 Å². The Balaban J connectivity index is 3.05. The molecular weight excluding hydrogens is 154 g/mol. The van der Waals surface area contributed by atoms with E-state index in [9.17, 15) is 4.79 Å². The molecule has 0 aliphatic heterocycles. The van der Waals surface area contributed by atoms with E-state index in [1.54, 1.807) is 31.0 Å². The first kappa shape index (κ1) is 7.16. The molecule has 0 aliphatic carbocycles. The van der Waals surface area contributed by atoms with Crippen LogP contribution in [0.25, 0.3) is 11.0 Å². The first-order valence-electron chi connectivity index (χ1n) is 3.73. The molecule has 2 rings (SSSR count). The van der Waals surface area contributed by atoms with Crippen LogP contribution < -0.4 is 5.56 Å². The SMILES string of the molecule is Cc1c(=O)n(C)cc2ccoc12. The molecule has 0 radical (unpaired) electrons. The van der Waals surface area contributed by atoms with Gasteiger partial charge in [0, 0.05) is 18.6 Å². The lowest BCUT2D eigenvalue weighted by atomic mass is 10.2. The average Bonchev–Trinajstić information content (AvgIpc) is 2.48. The van der Waals surface area contributed by atoms with E-state index in [0.29, 0.717) is 11.1 Å². The third-order valence-electron chi connectivity index (χ3n) is 2.01. The van der Waals surface area contributed by atoms with Crippen molar-refractivity contribution < 1.29 is 4.42 Å². The first-order valence-corrected chi connectivity index (χ1v) is 3.73. The number of hydrogen-bond acceptors (Lipinski definition) is 2. The predicted molar refractivity (Wildman–Crippen MR) is 46.2 cm³/mol. The molecule has 3 heteroatoms. The summed E-state index contributed by atoms with van der Waals surface area (Å²) in [7, 11) is 1.74. The maximum atomic E-state index is 11.4. The van der Waals surface area contributed by atoms with Crippen LogP contribution in [-0.4, -0.2) is 4.57 Å². The second-order valence-electron chi connectivity index (χ2n) is 2.88. The fourth-order valence-corrected chi connectivity index (χ4v) is 1.35. The summed E-state index contributed by atoms with van der Waals surface area (Å²) in [5.41, 5.74) is 1.36. The Labute approximate surface area is 69.2 Å². The molecule has 0 N–H and O–H groups in total. The Morgan fingerprint density at radius 1 is 1.50 bits per heavy atom. The van der Waals surface area contributed by atoms with E-state index in [1.807, 2.05) is 6.07 Å². The van der Waals surface area contributed by atoms with Crippen molar-refractivity contribution in [2.24, 2.45) is 7.05 Å². The maximum absolute atomic E-state index is 11.4. The smallest absolute Gasteiger partial charge is 0.256 e. The molecule has 0 atom stereocenters. The van der Waals surface area contributed by atoms with Gasteiger partial charge in [-0.25, -0.2) is 0 Å². The van der Waals surface area contributed by atoms with Crippen LogP contribution in [0.3, 0.4) is 0 Å². The van der Waals surface area contributed by atoms with Crippen molar-refractivity contribution in [3.63, 3.8) is 0 Å². The Morgan fingerprint density at radius 2 is 2.25 bits per heavy atom. The van der Waals surface area contributed by atoms with E-state index in [-0.39, 0.29) is 5.56 Å². The molecule has 0 aromatic carbocycles. The second-order valence-corrected chi connectivity index (χ2v) is 2.88. The minimum Gasteiger partial charge on any atom is -0.464 e. The van der Waals surface area contributed by atoms with Crippen molar-refractivity contribution in [2.75, 3.05) is 0 Å². The van der Waals surface area contributed by atoms with Crippen molar-refractivity contribution in [1.29, 1.82) is 0 Å². The predicted octanol–water partition coefficient (Wildman–Crippen LogP) is 1.44. The van der Waals surface area contributed by atoms with Gasteiger partial charge in [0.15, 0.2) is 0 Å². The molecule has 0 amide bonds. The normalized spacial score (nSPS) is 10.8. The van der Waals surface area contributed by atoms with Crippen LogP contribution in [0.15, 0.2) is 27.7 Å². The quantitative estimate of drug-likeness (QED) is 0.589. The van der Waals surface area contributed by atoms with Gasteiger partial charge < -0.3 is 8.98 Å². The first-order chi connectivity index (χ1) is 5.70. The van der Waals surface area contributed by atoms with Gasteiger partial charge in [-0.15, -0.1) is 0 Å². The van der Waals surface area contributed by atoms with Crippen LogP contribution in [0.1, 0.15) is 5.56 Å². The maximum Gasteiger partial charge on any atom is 0.256 e. The summed E-state index contributed by atoms with van der Waals surface area (Å²) < 4.78 is 6.73. The van der Waals surface area contributed by atoms with Crippen molar-refractivity contribution in [3.8, 4) is 0 Å². The highest BCUT2D eigenvalue weighted by Gasteiger charge is 2.05. The van der Waals surface area contributed by atoms with E-state index in [0.717, 1.165) is 5.39 Å². The van der Waals surface area contributed by atoms with Crippen molar-refractivity contribution in [1.82, 2.24) is 4.57 Å². The third kappa shape index (κ3) is 0.794. The molecule has 0 unspecified atom stereocenters. The van der Waals surface area contributed by atoms with E-state index >= 15 is 0 Å². The molecule has 2 heterocycles. The Morgan fingerprint density at radius 3 is 3.00 bits per heavy atom. The van der Waals surface area contributed by atoms with Crippen LogP contribution >= 0.6 is 0 Å². The fraction of sp³-hybridized carbons (Fsp3) is 0.222. The van der Waals surface area contributed by atoms with E-state index in [1.165, 1.54) is 0 Å². The molecule has 0 fully saturated rings. The zero-order chi connectivity index (χ0) is 8.72. The number of hydrogen-bond donors (Lipinski definition) is 0. The van der Waals surface area contributed by atoms with Gasteiger partial charge in [0.2, 0.25) is 0 Å². The highest BCUT2D eigenvalue weighted by atomic mass is 16.3. The van der Waals surface area contributed by atoms with Crippen LogP contribution in [0.4, 0.5) is 0 Å². The van der Waals surface area contributed by atoms with Gasteiger partial charge in [0.25, 0.3) is 5.56 Å². The van der Waals surface area contributed by atoms with Crippen LogP contribution in [0, 0.1) is 6.92 Å². The third-order valence-corrected chi connectivity index (χ3v) is 2.01. The Bertz CT molecular complexity index is 479. The zero-order valence-corrected chi connectivity index (χ0v) is 7.00. The lowest BCUT2D eigenvalue weighted by Gasteiger charge is -1.98. The minimum atomic E-state index is -0.00236. The fourth-order valence-electron chi connectivity index (χ4n) is 1.35. The van der Waals surface area contributed by atoms with Crippen LogP contribution in [0.2, 0.25) is 0 Å². The Hall–Kier alpha value is -1.51. The zero-order valence-electron chi connectivity index (χ0n) is 7.00. The molecule has 2 aromatic heterocycles. The summed E-state index contributed by atoms with van der Waals surface area (Å²) in [5.74, 6) is 0. The highest BCUT2D eigenvalue weighted by molar-refractivity contribution is 5.78. The lowest BCUT2D eigenvalue weighted by Crippen LogP contribution is -2.17. The van der Waals surface area contributed by atoms with Crippen LogP contribution in [-0.2, 0) is 7.05 Å². The molecule has 0 aliphatic rings. The summed E-state index contributed by atoms with van der Waals surface area (Å²) in [6.45, 7) is 1.77. The lowest BCUT2D eigenvalue weighted by molar-refractivity contribution is 0.610. The van der Waals surface area contributed by atoms with Crippen molar-refractivity contribution in [2.45, 2.75) is 6.92 Å². The largest absolute Gasteiger partial charge is 0.464 e. The molecule has 62 valence electrons. The van der Waals surface area contributed by atoms with E-state index < -0.39 is 0 Å². The highest BCUT2D eigenvalue weighted by Crippen LogP contribution is 2.15. The molecule has 3 nitrogen and oxygen atoms in total. The number of fused-ring (bicyclic) bond motifs is 1. The number of aromatic nitrogens is 1. The number of nitrogens with zero attached hydrogens (tertiary/aromatic N) is 1. The molecular formula is C9H9NO2. The summed E-state index contributed by atoms with van der Waals surface area (Å²) >= 11 is 0. The number of pyridine rings is 1. The van der Waals surface area contributed by atoms with E-state index in [4.69, 9.17) is 4.42 Å². The summed E-state index contributed by atoms with van der Waals surface area (Å²) in [6, 6.07) is 1.85. The number of rotatable bonds is 0.